The predicted octanol–water partition coefficient (Wildman–Crippen LogP) is 1.49. The average Bonchev–Trinajstić information content (AvgIpc) is 2.24. The summed E-state index contributed by atoms with van der Waals surface area (Å²) < 4.78 is 10.0. The number of aromatic nitrogens is 2. The minimum atomic E-state index is -0.572. The first kappa shape index (κ1) is 12.2. The minimum Gasteiger partial charge on any atom is -0.476 e. The summed E-state index contributed by atoms with van der Waals surface area (Å²) in [6.45, 7) is 3.91. The van der Waals surface area contributed by atoms with Crippen LogP contribution < -0.4 is 9.47 Å². The summed E-state index contributed by atoms with van der Waals surface area (Å²) in [5, 5.41) is 10.7. The first-order valence-electron chi connectivity index (χ1n) is 4.80. The first-order chi connectivity index (χ1) is 7.60. The molecule has 88 valence electrons. The molecule has 7 heteroatoms. The molecule has 0 unspecified atom stereocenters. The summed E-state index contributed by atoms with van der Waals surface area (Å²) in [7, 11) is 1.32. The number of rotatable bonds is 5. The third-order valence-corrected chi connectivity index (χ3v) is 1.82. The van der Waals surface area contributed by atoms with Crippen LogP contribution in [0.2, 0.25) is 0 Å². The Morgan fingerprint density at radius 1 is 1.44 bits per heavy atom. The molecule has 0 amide bonds. The van der Waals surface area contributed by atoms with Crippen LogP contribution in [0.25, 0.3) is 0 Å². The second-order valence-corrected chi connectivity index (χ2v) is 3.06. The molecule has 0 radical (unpaired) electrons. The maximum absolute atomic E-state index is 10.7. The molecule has 1 rings (SSSR count). The van der Waals surface area contributed by atoms with Gasteiger partial charge in [-0.2, -0.15) is 9.97 Å². The Hall–Kier alpha value is -1.92. The minimum absolute atomic E-state index is 0.0800. The Morgan fingerprint density at radius 2 is 2.12 bits per heavy atom. The van der Waals surface area contributed by atoms with E-state index in [1.54, 1.807) is 0 Å². The van der Waals surface area contributed by atoms with E-state index in [-0.39, 0.29) is 23.3 Å². The standard InChI is InChI=1S/C9H13N3O4/c1-4-5-16-9-10-6(2)7(12(13)14)8(11-9)15-3/h4-5H2,1-3H3. The highest BCUT2D eigenvalue weighted by Gasteiger charge is 2.23. The highest BCUT2D eigenvalue weighted by atomic mass is 16.6. The Kier molecular flexibility index (Phi) is 3.98. The molecular formula is C9H13N3O4. The van der Waals surface area contributed by atoms with Crippen LogP contribution in [0.5, 0.6) is 11.9 Å². The Balaban J connectivity index is 3.11. The van der Waals surface area contributed by atoms with E-state index in [4.69, 9.17) is 9.47 Å². The van der Waals surface area contributed by atoms with Gasteiger partial charge in [-0.05, 0) is 13.3 Å². The number of methoxy groups -OCH3 is 1. The second-order valence-electron chi connectivity index (χ2n) is 3.06. The van der Waals surface area contributed by atoms with Crippen LogP contribution in [0.1, 0.15) is 19.0 Å². The van der Waals surface area contributed by atoms with Crippen LogP contribution in [0, 0.1) is 17.0 Å². The smallest absolute Gasteiger partial charge is 0.352 e. The van der Waals surface area contributed by atoms with Crippen molar-refractivity contribution in [1.29, 1.82) is 0 Å². The van der Waals surface area contributed by atoms with Gasteiger partial charge < -0.3 is 9.47 Å². The summed E-state index contributed by atoms with van der Waals surface area (Å²) in [5.41, 5.74) is -0.00528. The van der Waals surface area contributed by atoms with Crippen molar-refractivity contribution in [2.75, 3.05) is 13.7 Å². The summed E-state index contributed by atoms with van der Waals surface area (Å²) in [6, 6.07) is 0.0989. The fraction of sp³-hybridized carbons (Fsp3) is 0.556. The second kappa shape index (κ2) is 5.24. The molecule has 1 heterocycles. The number of nitrogens with zero attached hydrogens (tertiary/aromatic N) is 3. The van der Waals surface area contributed by atoms with Crippen LogP contribution in [0.4, 0.5) is 5.69 Å². The molecule has 0 atom stereocenters. The quantitative estimate of drug-likeness (QED) is 0.559. The van der Waals surface area contributed by atoms with E-state index in [9.17, 15) is 10.1 Å². The van der Waals surface area contributed by atoms with Gasteiger partial charge in [-0.1, -0.05) is 6.92 Å². The highest BCUT2D eigenvalue weighted by molar-refractivity contribution is 5.45. The zero-order valence-electron chi connectivity index (χ0n) is 9.39. The lowest BCUT2D eigenvalue weighted by molar-refractivity contribution is -0.387. The van der Waals surface area contributed by atoms with E-state index in [2.05, 4.69) is 9.97 Å². The number of nitro groups is 1. The molecule has 1 aromatic rings. The van der Waals surface area contributed by atoms with Crippen molar-refractivity contribution in [3.05, 3.63) is 15.8 Å². The van der Waals surface area contributed by atoms with Crippen LogP contribution in [0.15, 0.2) is 0 Å². The number of hydrogen-bond acceptors (Lipinski definition) is 6. The molecule has 7 nitrogen and oxygen atoms in total. The van der Waals surface area contributed by atoms with Crippen molar-refractivity contribution < 1.29 is 14.4 Å². The van der Waals surface area contributed by atoms with Gasteiger partial charge in [0.2, 0.25) is 0 Å². The van der Waals surface area contributed by atoms with Gasteiger partial charge in [0, 0.05) is 0 Å². The highest BCUT2D eigenvalue weighted by Crippen LogP contribution is 2.28. The van der Waals surface area contributed by atoms with E-state index in [1.165, 1.54) is 14.0 Å². The Labute approximate surface area is 92.6 Å². The zero-order valence-corrected chi connectivity index (χ0v) is 9.39. The van der Waals surface area contributed by atoms with Crippen molar-refractivity contribution >= 4 is 5.69 Å². The van der Waals surface area contributed by atoms with Crippen molar-refractivity contribution in [2.24, 2.45) is 0 Å². The monoisotopic (exact) mass is 227 g/mol. The molecule has 0 N–H and O–H groups in total. The summed E-state index contributed by atoms with van der Waals surface area (Å²) in [5.74, 6) is -0.0800. The normalized spacial score (nSPS) is 9.94. The molecule has 0 aliphatic rings. The summed E-state index contributed by atoms with van der Waals surface area (Å²) in [4.78, 5) is 17.9. The molecular weight excluding hydrogens is 214 g/mol. The lowest BCUT2D eigenvalue weighted by Crippen LogP contribution is -2.06. The van der Waals surface area contributed by atoms with E-state index in [0.29, 0.717) is 6.61 Å². The fourth-order valence-electron chi connectivity index (χ4n) is 1.13. The third-order valence-electron chi connectivity index (χ3n) is 1.82. The van der Waals surface area contributed by atoms with Crippen molar-refractivity contribution in [1.82, 2.24) is 9.97 Å². The summed E-state index contributed by atoms with van der Waals surface area (Å²) in [6.07, 6.45) is 0.807. The molecule has 0 saturated heterocycles. The molecule has 0 aliphatic carbocycles. The maximum atomic E-state index is 10.7. The van der Waals surface area contributed by atoms with Crippen molar-refractivity contribution in [2.45, 2.75) is 20.3 Å². The van der Waals surface area contributed by atoms with Crippen molar-refractivity contribution in [3.8, 4) is 11.9 Å². The first-order valence-corrected chi connectivity index (χ1v) is 4.80. The van der Waals surface area contributed by atoms with E-state index >= 15 is 0 Å². The van der Waals surface area contributed by atoms with Gasteiger partial charge in [0.25, 0.3) is 0 Å². The van der Waals surface area contributed by atoms with Gasteiger partial charge in [-0.15, -0.1) is 0 Å². The topological polar surface area (TPSA) is 87.4 Å². The largest absolute Gasteiger partial charge is 0.476 e. The van der Waals surface area contributed by atoms with Crippen LogP contribution in [-0.4, -0.2) is 28.6 Å². The zero-order chi connectivity index (χ0) is 12.1. The Bertz CT molecular complexity index is 395. The van der Waals surface area contributed by atoms with Gasteiger partial charge in [0.15, 0.2) is 0 Å². The van der Waals surface area contributed by atoms with E-state index in [0.717, 1.165) is 6.42 Å². The number of aryl methyl sites for hydroxylation is 1. The molecule has 0 saturated carbocycles. The van der Waals surface area contributed by atoms with Crippen LogP contribution in [-0.2, 0) is 0 Å². The molecule has 0 bridgehead atoms. The molecule has 0 aliphatic heterocycles. The maximum Gasteiger partial charge on any atom is 0.352 e. The third kappa shape index (κ3) is 2.56. The van der Waals surface area contributed by atoms with Gasteiger partial charge in [0.05, 0.1) is 18.6 Å². The fourth-order valence-corrected chi connectivity index (χ4v) is 1.13. The lowest BCUT2D eigenvalue weighted by atomic mass is 10.4. The molecule has 16 heavy (non-hydrogen) atoms. The van der Waals surface area contributed by atoms with Gasteiger partial charge >= 0.3 is 17.6 Å². The SMILES string of the molecule is CCCOc1nc(C)c([N+](=O)[O-])c(OC)n1. The van der Waals surface area contributed by atoms with Gasteiger partial charge in [-0.3, -0.25) is 10.1 Å². The lowest BCUT2D eigenvalue weighted by Gasteiger charge is -2.06. The molecule has 0 spiro atoms. The van der Waals surface area contributed by atoms with E-state index < -0.39 is 4.92 Å². The van der Waals surface area contributed by atoms with Crippen LogP contribution >= 0.6 is 0 Å². The van der Waals surface area contributed by atoms with Crippen molar-refractivity contribution in [3.63, 3.8) is 0 Å². The summed E-state index contributed by atoms with van der Waals surface area (Å²) >= 11 is 0. The molecule has 0 fully saturated rings. The predicted molar refractivity (Wildman–Crippen MR) is 55.8 cm³/mol. The average molecular weight is 227 g/mol. The van der Waals surface area contributed by atoms with Gasteiger partial charge in [-0.25, -0.2) is 0 Å². The van der Waals surface area contributed by atoms with Gasteiger partial charge in [0.1, 0.15) is 5.69 Å². The number of ether oxygens (including phenoxy) is 2. The Morgan fingerprint density at radius 3 is 2.62 bits per heavy atom. The van der Waals surface area contributed by atoms with E-state index in [1.807, 2.05) is 6.92 Å². The number of hydrogen-bond donors (Lipinski definition) is 0. The molecule has 1 aromatic heterocycles. The molecule has 0 aromatic carbocycles. The van der Waals surface area contributed by atoms with Crippen LogP contribution in [0.3, 0.4) is 0 Å².